The van der Waals surface area contributed by atoms with Gasteiger partial charge in [0.15, 0.2) is 4.90 Å². The third kappa shape index (κ3) is 3.56. The largest absolute Gasteiger partial charge is 0.612 e. The van der Waals surface area contributed by atoms with Gasteiger partial charge in [0.1, 0.15) is 6.26 Å². The van der Waals surface area contributed by atoms with Crippen molar-refractivity contribution in [3.05, 3.63) is 70.8 Å². The molecule has 1 aliphatic heterocycles. The summed E-state index contributed by atoms with van der Waals surface area (Å²) in [6.07, 6.45) is 5.61. The molecular formula is C24H23BrN2O2S. The molecule has 0 amide bonds. The van der Waals surface area contributed by atoms with E-state index in [1.165, 1.54) is 5.56 Å². The first-order chi connectivity index (χ1) is 14.6. The molecule has 2 atom stereocenters. The molecule has 1 saturated heterocycles. The maximum atomic E-state index is 12.3. The van der Waals surface area contributed by atoms with E-state index in [4.69, 9.17) is 9.72 Å². The molecule has 2 aromatic heterocycles. The van der Waals surface area contributed by atoms with E-state index >= 15 is 0 Å². The van der Waals surface area contributed by atoms with Gasteiger partial charge in [-0.05, 0) is 69.6 Å². The zero-order valence-electron chi connectivity index (χ0n) is 16.8. The Hall–Kier alpha value is -1.86. The lowest BCUT2D eigenvalue weighted by atomic mass is 9.86. The molecule has 0 spiro atoms. The van der Waals surface area contributed by atoms with Crippen LogP contribution in [0.3, 0.4) is 0 Å². The molecule has 0 aliphatic carbocycles. The molecule has 2 unspecified atom stereocenters. The van der Waals surface area contributed by atoms with E-state index in [0.29, 0.717) is 5.92 Å². The van der Waals surface area contributed by atoms with Crippen LogP contribution in [0.15, 0.2) is 70.2 Å². The van der Waals surface area contributed by atoms with Crippen molar-refractivity contribution in [1.82, 2.24) is 9.55 Å². The maximum Gasteiger partial charge on any atom is 0.154 e. The van der Waals surface area contributed by atoms with Gasteiger partial charge in [-0.2, -0.15) is 0 Å². The number of pyridine rings is 1. The predicted octanol–water partition coefficient (Wildman–Crippen LogP) is 5.71. The average molecular weight is 483 g/mol. The van der Waals surface area contributed by atoms with Gasteiger partial charge in [-0.15, -0.1) is 0 Å². The Balaban J connectivity index is 1.84. The van der Waals surface area contributed by atoms with Crippen LogP contribution in [0.25, 0.3) is 21.9 Å². The molecule has 4 nitrogen and oxygen atoms in total. The minimum absolute atomic E-state index is 0.159. The number of halogens is 1. The van der Waals surface area contributed by atoms with Gasteiger partial charge in [-0.3, -0.25) is 4.98 Å². The molecule has 5 rings (SSSR count). The van der Waals surface area contributed by atoms with Crippen molar-refractivity contribution in [1.29, 1.82) is 0 Å². The van der Waals surface area contributed by atoms with Crippen molar-refractivity contribution in [2.45, 2.75) is 23.8 Å². The van der Waals surface area contributed by atoms with Crippen LogP contribution in [0, 0.1) is 5.92 Å². The molecule has 1 fully saturated rings. The lowest BCUT2D eigenvalue weighted by Crippen LogP contribution is -2.26. The average Bonchev–Trinajstić information content (AvgIpc) is 3.08. The lowest BCUT2D eigenvalue weighted by Gasteiger charge is -2.33. The minimum Gasteiger partial charge on any atom is -0.612 e. The van der Waals surface area contributed by atoms with Crippen LogP contribution in [-0.4, -0.2) is 33.6 Å². The standard InChI is InChI=1S/C24H23BrN2O2S/c1-30(28)19-7-8-20-21(14-19)27(22-13-18(25)15-26-23(20)22)24(16-5-3-2-4-6-16)17-9-11-29-12-10-17/h2-8,13-15,17,24H,9-12H2,1H3. The third-order valence-electron chi connectivity index (χ3n) is 6.04. The van der Waals surface area contributed by atoms with Crippen molar-refractivity contribution in [2.75, 3.05) is 19.5 Å². The second kappa shape index (κ2) is 8.35. The van der Waals surface area contributed by atoms with Gasteiger partial charge in [0.25, 0.3) is 0 Å². The van der Waals surface area contributed by atoms with Crippen molar-refractivity contribution in [3.8, 4) is 0 Å². The number of benzene rings is 2. The fraction of sp³-hybridized carbons (Fsp3) is 0.292. The number of rotatable bonds is 4. The highest BCUT2D eigenvalue weighted by Gasteiger charge is 2.30. The highest BCUT2D eigenvalue weighted by atomic mass is 79.9. The van der Waals surface area contributed by atoms with E-state index in [2.05, 4.69) is 69.0 Å². The quantitative estimate of drug-likeness (QED) is 0.350. The zero-order chi connectivity index (χ0) is 20.7. The number of aromatic nitrogens is 2. The lowest BCUT2D eigenvalue weighted by molar-refractivity contribution is 0.0553. The number of hydrogen-bond acceptors (Lipinski definition) is 3. The Morgan fingerprint density at radius 2 is 1.87 bits per heavy atom. The molecule has 30 heavy (non-hydrogen) atoms. The van der Waals surface area contributed by atoms with Gasteiger partial charge in [0.2, 0.25) is 0 Å². The summed E-state index contributed by atoms with van der Waals surface area (Å²) in [5.41, 5.74) is 4.45. The fourth-order valence-electron chi connectivity index (χ4n) is 4.65. The first-order valence-corrected chi connectivity index (χ1v) is 12.5. The van der Waals surface area contributed by atoms with Crippen LogP contribution in [-0.2, 0) is 15.9 Å². The highest BCUT2D eigenvalue weighted by Crippen LogP contribution is 2.41. The Labute approximate surface area is 187 Å². The second-order valence-corrected chi connectivity index (χ2v) is 10.1. The summed E-state index contributed by atoms with van der Waals surface area (Å²) in [6, 6.07) is 19.1. The number of hydrogen-bond donors (Lipinski definition) is 0. The van der Waals surface area contributed by atoms with Crippen molar-refractivity contribution in [3.63, 3.8) is 0 Å². The van der Waals surface area contributed by atoms with E-state index in [1.54, 1.807) is 6.26 Å². The Kier molecular flexibility index (Phi) is 5.58. The van der Waals surface area contributed by atoms with Crippen LogP contribution in [0.4, 0.5) is 0 Å². The van der Waals surface area contributed by atoms with E-state index in [0.717, 1.165) is 57.4 Å². The third-order valence-corrected chi connectivity index (χ3v) is 7.39. The Morgan fingerprint density at radius 1 is 1.10 bits per heavy atom. The molecule has 0 N–H and O–H groups in total. The maximum absolute atomic E-state index is 12.3. The summed E-state index contributed by atoms with van der Waals surface area (Å²) < 4.78 is 21.3. The second-order valence-electron chi connectivity index (χ2n) is 7.83. The van der Waals surface area contributed by atoms with Crippen LogP contribution in [0.2, 0.25) is 0 Å². The van der Waals surface area contributed by atoms with Crippen LogP contribution in [0.1, 0.15) is 24.4 Å². The highest BCUT2D eigenvalue weighted by molar-refractivity contribution is 9.10. The van der Waals surface area contributed by atoms with E-state index in [-0.39, 0.29) is 6.04 Å². The first-order valence-electron chi connectivity index (χ1n) is 10.2. The first kappa shape index (κ1) is 20.1. The van der Waals surface area contributed by atoms with Crippen molar-refractivity contribution < 1.29 is 9.29 Å². The van der Waals surface area contributed by atoms with E-state index < -0.39 is 11.2 Å². The molecular weight excluding hydrogens is 460 g/mol. The summed E-state index contributed by atoms with van der Waals surface area (Å²) in [5, 5.41) is 1.10. The summed E-state index contributed by atoms with van der Waals surface area (Å²) in [5.74, 6) is 0.453. The van der Waals surface area contributed by atoms with E-state index in [1.807, 2.05) is 12.3 Å². The van der Waals surface area contributed by atoms with Crippen LogP contribution < -0.4 is 0 Å². The number of ether oxygens (including phenoxy) is 1. The molecule has 1 aliphatic rings. The predicted molar refractivity (Wildman–Crippen MR) is 125 cm³/mol. The molecule has 4 aromatic rings. The summed E-state index contributed by atoms with van der Waals surface area (Å²) in [7, 11) is 0. The van der Waals surface area contributed by atoms with E-state index in [9.17, 15) is 4.55 Å². The number of nitrogens with zero attached hydrogens (tertiary/aromatic N) is 2. The van der Waals surface area contributed by atoms with Crippen LogP contribution in [0.5, 0.6) is 0 Å². The summed E-state index contributed by atoms with van der Waals surface area (Å²) in [4.78, 5) is 5.59. The van der Waals surface area contributed by atoms with Gasteiger partial charge >= 0.3 is 0 Å². The SMILES string of the molecule is C[S+]([O-])c1ccc2c3ncc(Br)cc3n(C(c3ccccc3)C3CCOCC3)c2c1. The smallest absolute Gasteiger partial charge is 0.154 e. The molecule has 0 radical (unpaired) electrons. The van der Waals surface area contributed by atoms with Crippen LogP contribution >= 0.6 is 15.9 Å². The molecule has 3 heterocycles. The zero-order valence-corrected chi connectivity index (χ0v) is 19.2. The molecule has 0 saturated carbocycles. The van der Waals surface area contributed by atoms with Crippen molar-refractivity contribution >= 4 is 49.0 Å². The molecule has 2 aromatic carbocycles. The van der Waals surface area contributed by atoms with Gasteiger partial charge in [0.05, 0.1) is 22.6 Å². The van der Waals surface area contributed by atoms with Gasteiger partial charge < -0.3 is 13.9 Å². The monoisotopic (exact) mass is 482 g/mol. The van der Waals surface area contributed by atoms with Gasteiger partial charge in [0, 0.05) is 35.3 Å². The molecule has 6 heteroatoms. The Morgan fingerprint density at radius 3 is 2.60 bits per heavy atom. The fourth-order valence-corrected chi connectivity index (χ4v) is 5.51. The summed E-state index contributed by atoms with van der Waals surface area (Å²) in [6.45, 7) is 1.58. The summed E-state index contributed by atoms with van der Waals surface area (Å²) >= 11 is 2.57. The minimum atomic E-state index is -1.04. The van der Waals surface area contributed by atoms with Gasteiger partial charge in [-0.25, -0.2) is 0 Å². The van der Waals surface area contributed by atoms with Crippen molar-refractivity contribution in [2.24, 2.45) is 5.92 Å². The molecule has 154 valence electrons. The number of fused-ring (bicyclic) bond motifs is 3. The van der Waals surface area contributed by atoms with Gasteiger partial charge in [-0.1, -0.05) is 30.3 Å². The normalized spacial score (nSPS) is 17.4. The Bertz CT molecular complexity index is 1190. The topological polar surface area (TPSA) is 50.1 Å². The molecule has 0 bridgehead atoms.